The normalized spacial score (nSPS) is 18.2. The van der Waals surface area contributed by atoms with Gasteiger partial charge in [0.1, 0.15) is 18.0 Å². The van der Waals surface area contributed by atoms with Crippen LogP contribution in [0.25, 0.3) is 32.6 Å². The Labute approximate surface area is 152 Å². The third-order valence-corrected chi connectivity index (χ3v) is 6.02. The molecule has 0 amide bonds. The molecule has 2 saturated heterocycles. The summed E-state index contributed by atoms with van der Waals surface area (Å²) >= 11 is 0. The van der Waals surface area contributed by atoms with Gasteiger partial charge in [-0.15, -0.1) is 0 Å². The van der Waals surface area contributed by atoms with Gasteiger partial charge < -0.3 is 9.80 Å². The second-order valence-electron chi connectivity index (χ2n) is 7.54. The number of aromatic nitrogens is 3. The minimum absolute atomic E-state index is 1.03. The summed E-state index contributed by atoms with van der Waals surface area (Å²) in [5, 5.41) is 4.97. The highest BCUT2D eigenvalue weighted by Gasteiger charge is 2.25. The molecule has 2 fully saturated rings. The predicted molar refractivity (Wildman–Crippen MR) is 106 cm³/mol. The van der Waals surface area contributed by atoms with Gasteiger partial charge in [-0.05, 0) is 49.9 Å². The van der Waals surface area contributed by atoms with Crippen molar-refractivity contribution in [3.63, 3.8) is 0 Å². The van der Waals surface area contributed by atoms with Crippen LogP contribution >= 0.6 is 0 Å². The van der Waals surface area contributed by atoms with Crippen molar-refractivity contribution in [2.24, 2.45) is 0 Å². The fourth-order valence-corrected chi connectivity index (χ4v) is 4.76. The minimum Gasteiger partial charge on any atom is -0.356 e. The van der Waals surface area contributed by atoms with E-state index in [0.717, 1.165) is 48.8 Å². The standard InChI is InChI=1S/C21H21N5/c1-2-10-25(9-1)20-14-5-7-16-19-17(23-13-22-16)8-6-15(18(14)19)21(24-20)26-11-3-4-12-26/h5-8,13H,1-4,9-12H2. The predicted octanol–water partition coefficient (Wildman–Crippen LogP) is 3.97. The Hall–Kier alpha value is -2.69. The van der Waals surface area contributed by atoms with E-state index in [1.165, 1.54) is 47.2 Å². The van der Waals surface area contributed by atoms with E-state index in [1.807, 2.05) is 0 Å². The van der Waals surface area contributed by atoms with Crippen LogP contribution in [0.15, 0.2) is 30.6 Å². The summed E-state index contributed by atoms with van der Waals surface area (Å²) in [6.07, 6.45) is 6.69. The van der Waals surface area contributed by atoms with Crippen molar-refractivity contribution >= 4 is 44.2 Å². The van der Waals surface area contributed by atoms with Crippen molar-refractivity contribution < 1.29 is 0 Å². The van der Waals surface area contributed by atoms with Gasteiger partial charge in [0.2, 0.25) is 0 Å². The molecule has 2 aromatic heterocycles. The first-order valence-electron chi connectivity index (χ1n) is 9.69. The van der Waals surface area contributed by atoms with Gasteiger partial charge in [0.15, 0.2) is 0 Å². The van der Waals surface area contributed by atoms with Crippen LogP contribution in [0, 0.1) is 0 Å². The number of hydrogen-bond acceptors (Lipinski definition) is 5. The van der Waals surface area contributed by atoms with Crippen molar-refractivity contribution in [3.05, 3.63) is 30.6 Å². The Morgan fingerprint density at radius 1 is 0.615 bits per heavy atom. The summed E-state index contributed by atoms with van der Waals surface area (Å²) in [5.41, 5.74) is 2.05. The minimum atomic E-state index is 1.03. The highest BCUT2D eigenvalue weighted by atomic mass is 15.3. The van der Waals surface area contributed by atoms with Gasteiger partial charge in [0, 0.05) is 47.7 Å². The molecule has 0 aliphatic carbocycles. The number of benzene rings is 2. The fraction of sp³-hybridized carbons (Fsp3) is 0.381. The highest BCUT2D eigenvalue weighted by molar-refractivity contribution is 6.25. The number of rotatable bonds is 2. The Balaban J connectivity index is 1.76. The highest BCUT2D eigenvalue weighted by Crippen LogP contribution is 2.41. The molecule has 26 heavy (non-hydrogen) atoms. The van der Waals surface area contributed by atoms with E-state index < -0.39 is 0 Å². The molecular formula is C21H21N5. The van der Waals surface area contributed by atoms with Gasteiger partial charge in [-0.3, -0.25) is 0 Å². The first-order chi connectivity index (χ1) is 12.9. The van der Waals surface area contributed by atoms with Gasteiger partial charge >= 0.3 is 0 Å². The molecule has 0 bridgehead atoms. The zero-order valence-corrected chi connectivity index (χ0v) is 14.8. The maximum atomic E-state index is 5.23. The van der Waals surface area contributed by atoms with Gasteiger partial charge in [-0.1, -0.05) is 0 Å². The zero-order chi connectivity index (χ0) is 17.1. The molecule has 0 saturated carbocycles. The number of pyridine rings is 1. The van der Waals surface area contributed by atoms with Crippen LogP contribution in [-0.2, 0) is 0 Å². The molecule has 0 spiro atoms. The van der Waals surface area contributed by atoms with Gasteiger partial charge in [-0.2, -0.15) is 0 Å². The lowest BCUT2D eigenvalue weighted by atomic mass is 9.99. The van der Waals surface area contributed by atoms with E-state index in [-0.39, 0.29) is 0 Å². The molecule has 0 N–H and O–H groups in total. The summed E-state index contributed by atoms with van der Waals surface area (Å²) in [6, 6.07) is 8.68. The van der Waals surface area contributed by atoms with Gasteiger partial charge in [0.05, 0.1) is 11.0 Å². The van der Waals surface area contributed by atoms with Crippen molar-refractivity contribution in [2.75, 3.05) is 36.0 Å². The molecule has 2 aromatic carbocycles. The molecule has 6 rings (SSSR count). The van der Waals surface area contributed by atoms with Crippen LogP contribution in [0.3, 0.4) is 0 Å². The van der Waals surface area contributed by atoms with E-state index in [0.29, 0.717) is 0 Å². The van der Waals surface area contributed by atoms with Crippen molar-refractivity contribution in [1.82, 2.24) is 15.0 Å². The Kier molecular flexibility index (Phi) is 3.01. The molecule has 5 heteroatoms. The molecule has 5 nitrogen and oxygen atoms in total. The molecule has 130 valence electrons. The molecule has 0 atom stereocenters. The van der Waals surface area contributed by atoms with Gasteiger partial charge in [-0.25, -0.2) is 15.0 Å². The largest absolute Gasteiger partial charge is 0.356 e. The smallest absolute Gasteiger partial charge is 0.138 e. The number of anilines is 2. The van der Waals surface area contributed by atoms with Crippen LogP contribution in [-0.4, -0.2) is 41.1 Å². The van der Waals surface area contributed by atoms with E-state index in [9.17, 15) is 0 Å². The molecule has 4 heterocycles. The molecule has 0 unspecified atom stereocenters. The second kappa shape index (κ2) is 5.40. The maximum Gasteiger partial charge on any atom is 0.138 e. The lowest BCUT2D eigenvalue weighted by Crippen LogP contribution is -2.23. The Morgan fingerprint density at radius 2 is 1.12 bits per heavy atom. The molecule has 0 radical (unpaired) electrons. The third kappa shape index (κ3) is 1.94. The summed E-state index contributed by atoms with van der Waals surface area (Å²) in [7, 11) is 0. The number of hydrogen-bond donors (Lipinski definition) is 0. The van der Waals surface area contributed by atoms with E-state index in [4.69, 9.17) is 4.98 Å². The van der Waals surface area contributed by atoms with E-state index in [2.05, 4.69) is 44.0 Å². The van der Waals surface area contributed by atoms with Crippen LogP contribution < -0.4 is 9.80 Å². The summed E-state index contributed by atoms with van der Waals surface area (Å²) in [5.74, 6) is 2.30. The maximum absolute atomic E-state index is 5.23. The van der Waals surface area contributed by atoms with Crippen molar-refractivity contribution in [2.45, 2.75) is 25.7 Å². The molecule has 2 aliphatic rings. The molecule has 4 aromatic rings. The first kappa shape index (κ1) is 14.5. The van der Waals surface area contributed by atoms with Crippen LogP contribution in [0.1, 0.15) is 25.7 Å². The Morgan fingerprint density at radius 3 is 1.62 bits per heavy atom. The van der Waals surface area contributed by atoms with Gasteiger partial charge in [0.25, 0.3) is 0 Å². The lowest BCUT2D eigenvalue weighted by molar-refractivity contribution is 0.913. The van der Waals surface area contributed by atoms with Crippen LogP contribution in [0.4, 0.5) is 11.6 Å². The van der Waals surface area contributed by atoms with Crippen LogP contribution in [0.2, 0.25) is 0 Å². The SMILES string of the molecule is c1nc2ccc3c(N4CCCC4)nc(N4CCCC4)c4ccc(n1)c2c34. The summed E-state index contributed by atoms with van der Waals surface area (Å²) < 4.78 is 0. The Bertz CT molecular complexity index is 1030. The van der Waals surface area contributed by atoms with E-state index >= 15 is 0 Å². The van der Waals surface area contributed by atoms with E-state index in [1.54, 1.807) is 6.33 Å². The zero-order valence-electron chi connectivity index (χ0n) is 14.8. The van der Waals surface area contributed by atoms with Crippen LogP contribution in [0.5, 0.6) is 0 Å². The fourth-order valence-electron chi connectivity index (χ4n) is 4.76. The van der Waals surface area contributed by atoms with Crippen molar-refractivity contribution in [1.29, 1.82) is 0 Å². The topological polar surface area (TPSA) is 45.2 Å². The average molecular weight is 343 g/mol. The molecular weight excluding hydrogens is 322 g/mol. The second-order valence-corrected chi connectivity index (χ2v) is 7.54. The molecule has 2 aliphatic heterocycles. The summed E-state index contributed by atoms with van der Waals surface area (Å²) in [4.78, 5) is 19.2. The average Bonchev–Trinajstić information content (AvgIpc) is 3.39. The third-order valence-electron chi connectivity index (χ3n) is 6.02. The monoisotopic (exact) mass is 343 g/mol. The van der Waals surface area contributed by atoms with Crippen molar-refractivity contribution in [3.8, 4) is 0 Å². The summed E-state index contributed by atoms with van der Waals surface area (Å²) in [6.45, 7) is 4.42. The first-order valence-corrected chi connectivity index (χ1v) is 9.69. The number of nitrogens with zero attached hydrogens (tertiary/aromatic N) is 5. The lowest BCUT2D eigenvalue weighted by Gasteiger charge is -2.25. The quantitative estimate of drug-likeness (QED) is 0.515.